The summed E-state index contributed by atoms with van der Waals surface area (Å²) in [6.07, 6.45) is -0.178. The van der Waals surface area contributed by atoms with E-state index in [0.29, 0.717) is 48.0 Å². The summed E-state index contributed by atoms with van der Waals surface area (Å²) in [5, 5.41) is 12.7. The van der Waals surface area contributed by atoms with Gasteiger partial charge in [-0.2, -0.15) is 0 Å². The molecular formula is C28H30N2O6. The SMILES string of the molecule is CCC(Oc1cccc(CCNCC(Oc2ccccc2)c2nc3cc(OC)ccc3o2)c1)C(=O)O. The summed E-state index contributed by atoms with van der Waals surface area (Å²) in [5.74, 6) is 1.49. The minimum Gasteiger partial charge on any atom is -0.497 e. The maximum Gasteiger partial charge on any atom is 0.344 e. The molecule has 0 bridgehead atoms. The molecule has 8 nitrogen and oxygen atoms in total. The van der Waals surface area contributed by atoms with Gasteiger partial charge in [0.15, 0.2) is 17.8 Å². The van der Waals surface area contributed by atoms with E-state index in [9.17, 15) is 9.90 Å². The average Bonchev–Trinajstić information content (AvgIpc) is 3.33. The zero-order valence-corrected chi connectivity index (χ0v) is 20.3. The Bertz CT molecular complexity index is 1270. The number of methoxy groups -OCH3 is 1. The number of para-hydroxylation sites is 1. The molecule has 1 aromatic heterocycles. The van der Waals surface area contributed by atoms with Crippen molar-refractivity contribution in [2.24, 2.45) is 0 Å². The fourth-order valence-corrected chi connectivity index (χ4v) is 3.75. The Balaban J connectivity index is 1.41. The van der Waals surface area contributed by atoms with Crippen LogP contribution in [0.25, 0.3) is 11.1 Å². The fraction of sp³-hybridized carbons (Fsp3) is 0.286. The van der Waals surface area contributed by atoms with Gasteiger partial charge in [0, 0.05) is 12.6 Å². The van der Waals surface area contributed by atoms with E-state index in [-0.39, 0.29) is 0 Å². The highest BCUT2D eigenvalue weighted by Gasteiger charge is 2.21. The highest BCUT2D eigenvalue weighted by atomic mass is 16.5. The predicted octanol–water partition coefficient (Wildman–Crippen LogP) is 5.03. The lowest BCUT2D eigenvalue weighted by atomic mass is 10.1. The zero-order chi connectivity index (χ0) is 25.3. The van der Waals surface area contributed by atoms with Crippen molar-refractivity contribution < 1.29 is 28.5 Å². The van der Waals surface area contributed by atoms with Crippen LogP contribution in [0.1, 0.15) is 30.9 Å². The number of fused-ring (bicyclic) bond motifs is 1. The first-order valence-electron chi connectivity index (χ1n) is 11.9. The molecule has 2 unspecified atom stereocenters. The highest BCUT2D eigenvalue weighted by molar-refractivity contribution is 5.74. The molecular weight excluding hydrogens is 460 g/mol. The number of rotatable bonds is 13. The van der Waals surface area contributed by atoms with Crippen molar-refractivity contribution in [3.63, 3.8) is 0 Å². The largest absolute Gasteiger partial charge is 0.497 e. The summed E-state index contributed by atoms with van der Waals surface area (Å²) in [6.45, 7) is 2.93. The van der Waals surface area contributed by atoms with Crippen LogP contribution in [0.15, 0.2) is 77.2 Å². The molecule has 0 aliphatic carbocycles. The molecule has 0 amide bonds. The third-order valence-electron chi connectivity index (χ3n) is 5.65. The van der Waals surface area contributed by atoms with Crippen LogP contribution < -0.4 is 19.5 Å². The van der Waals surface area contributed by atoms with Crippen molar-refractivity contribution in [3.8, 4) is 17.2 Å². The van der Waals surface area contributed by atoms with Crippen molar-refractivity contribution >= 4 is 17.1 Å². The molecule has 0 saturated carbocycles. The van der Waals surface area contributed by atoms with Crippen LogP contribution in [0, 0.1) is 0 Å². The second-order valence-electron chi connectivity index (χ2n) is 8.26. The van der Waals surface area contributed by atoms with Gasteiger partial charge in [0.2, 0.25) is 5.89 Å². The van der Waals surface area contributed by atoms with Gasteiger partial charge in [0.05, 0.1) is 7.11 Å². The van der Waals surface area contributed by atoms with E-state index in [1.54, 1.807) is 20.1 Å². The predicted molar refractivity (Wildman–Crippen MR) is 136 cm³/mol. The van der Waals surface area contributed by atoms with Crippen LogP contribution in [-0.4, -0.2) is 42.4 Å². The quantitative estimate of drug-likeness (QED) is 0.252. The van der Waals surface area contributed by atoms with Crippen molar-refractivity contribution in [2.45, 2.75) is 32.0 Å². The molecule has 0 aliphatic rings. The Labute approximate surface area is 209 Å². The zero-order valence-electron chi connectivity index (χ0n) is 20.3. The molecule has 4 aromatic rings. The van der Waals surface area contributed by atoms with Gasteiger partial charge in [-0.1, -0.05) is 37.3 Å². The van der Waals surface area contributed by atoms with E-state index in [1.807, 2.05) is 66.7 Å². The van der Waals surface area contributed by atoms with Crippen LogP contribution in [0.5, 0.6) is 17.2 Å². The first kappa shape index (κ1) is 25.1. The number of carboxylic acids is 1. The molecule has 1 heterocycles. The summed E-state index contributed by atoms with van der Waals surface area (Å²) in [7, 11) is 1.61. The lowest BCUT2D eigenvalue weighted by Crippen LogP contribution is -2.27. The van der Waals surface area contributed by atoms with Crippen LogP contribution in [-0.2, 0) is 11.2 Å². The Morgan fingerprint density at radius 1 is 1.00 bits per heavy atom. The molecule has 36 heavy (non-hydrogen) atoms. The van der Waals surface area contributed by atoms with Crippen molar-refractivity contribution in [3.05, 3.63) is 84.3 Å². The Morgan fingerprint density at radius 3 is 2.56 bits per heavy atom. The molecule has 0 aliphatic heterocycles. The Morgan fingerprint density at radius 2 is 1.81 bits per heavy atom. The van der Waals surface area contributed by atoms with E-state index in [4.69, 9.17) is 18.6 Å². The lowest BCUT2D eigenvalue weighted by Gasteiger charge is -2.17. The van der Waals surface area contributed by atoms with Crippen LogP contribution in [0.2, 0.25) is 0 Å². The highest BCUT2D eigenvalue weighted by Crippen LogP contribution is 2.27. The number of hydrogen-bond donors (Lipinski definition) is 2. The van der Waals surface area contributed by atoms with Gasteiger partial charge in [-0.05, 0) is 61.3 Å². The second kappa shape index (κ2) is 12.1. The van der Waals surface area contributed by atoms with Crippen molar-refractivity contribution in [1.82, 2.24) is 10.3 Å². The van der Waals surface area contributed by atoms with Gasteiger partial charge >= 0.3 is 5.97 Å². The number of carboxylic acid groups (broad SMARTS) is 1. The van der Waals surface area contributed by atoms with Gasteiger partial charge in [0.1, 0.15) is 22.8 Å². The number of benzene rings is 3. The van der Waals surface area contributed by atoms with Crippen LogP contribution in [0.4, 0.5) is 0 Å². The molecule has 0 radical (unpaired) electrons. The first-order valence-corrected chi connectivity index (χ1v) is 11.9. The number of aromatic nitrogens is 1. The molecule has 8 heteroatoms. The minimum absolute atomic E-state index is 0.395. The summed E-state index contributed by atoms with van der Waals surface area (Å²) >= 11 is 0. The van der Waals surface area contributed by atoms with Crippen molar-refractivity contribution in [1.29, 1.82) is 0 Å². The molecule has 2 atom stereocenters. The summed E-state index contributed by atoms with van der Waals surface area (Å²) in [4.78, 5) is 15.9. The smallest absolute Gasteiger partial charge is 0.344 e. The number of hydrogen-bond acceptors (Lipinski definition) is 7. The average molecular weight is 491 g/mol. The van der Waals surface area contributed by atoms with E-state index in [0.717, 1.165) is 17.7 Å². The summed E-state index contributed by atoms with van der Waals surface area (Å²) in [5.41, 5.74) is 2.40. The number of carbonyl (C=O) groups is 1. The number of ether oxygens (including phenoxy) is 3. The molecule has 0 saturated heterocycles. The normalized spacial score (nSPS) is 12.7. The van der Waals surface area contributed by atoms with Crippen LogP contribution >= 0.6 is 0 Å². The number of nitrogens with one attached hydrogen (secondary N) is 1. The maximum atomic E-state index is 11.3. The molecule has 2 N–H and O–H groups in total. The first-order chi connectivity index (χ1) is 17.6. The lowest BCUT2D eigenvalue weighted by molar-refractivity contribution is -0.145. The molecule has 188 valence electrons. The third kappa shape index (κ3) is 6.55. The Kier molecular flexibility index (Phi) is 8.41. The second-order valence-corrected chi connectivity index (χ2v) is 8.26. The molecule has 0 fully saturated rings. The molecule has 4 rings (SSSR count). The van der Waals surface area contributed by atoms with Gasteiger partial charge in [-0.25, -0.2) is 9.78 Å². The number of nitrogens with zero attached hydrogens (tertiary/aromatic N) is 1. The maximum absolute atomic E-state index is 11.3. The van der Waals surface area contributed by atoms with Gasteiger partial charge in [-0.15, -0.1) is 0 Å². The number of aliphatic carboxylic acids is 1. The van der Waals surface area contributed by atoms with E-state index >= 15 is 0 Å². The van der Waals surface area contributed by atoms with E-state index in [1.165, 1.54) is 0 Å². The van der Waals surface area contributed by atoms with E-state index < -0.39 is 18.2 Å². The minimum atomic E-state index is -0.966. The standard InChI is InChI=1S/C28H30N2O6/c1-3-24(28(31)32)35-22-11-7-8-19(16-22)14-15-29-18-26(34-20-9-5-4-6-10-20)27-30-23-17-21(33-2)12-13-25(23)36-27/h4-13,16-17,24,26,29H,3,14-15,18H2,1-2H3,(H,31,32). The number of oxazole rings is 1. The monoisotopic (exact) mass is 490 g/mol. The molecule has 3 aromatic carbocycles. The third-order valence-corrected chi connectivity index (χ3v) is 5.65. The Hall–Kier alpha value is -4.04. The summed E-state index contributed by atoms with van der Waals surface area (Å²) < 4.78 is 23.1. The topological polar surface area (TPSA) is 103 Å². The van der Waals surface area contributed by atoms with E-state index in [2.05, 4.69) is 10.3 Å². The summed E-state index contributed by atoms with van der Waals surface area (Å²) in [6, 6.07) is 22.6. The molecule has 0 spiro atoms. The van der Waals surface area contributed by atoms with Crippen molar-refractivity contribution in [2.75, 3.05) is 20.2 Å². The van der Waals surface area contributed by atoms with Gasteiger partial charge in [0.25, 0.3) is 0 Å². The van der Waals surface area contributed by atoms with Gasteiger partial charge < -0.3 is 29.1 Å². The van der Waals surface area contributed by atoms with Crippen LogP contribution in [0.3, 0.4) is 0 Å². The fourth-order valence-electron chi connectivity index (χ4n) is 3.75. The van der Waals surface area contributed by atoms with Gasteiger partial charge in [-0.3, -0.25) is 0 Å².